The van der Waals surface area contributed by atoms with Crippen molar-refractivity contribution in [3.8, 4) is 0 Å². The van der Waals surface area contributed by atoms with Gasteiger partial charge in [-0.15, -0.1) is 11.3 Å². The van der Waals surface area contributed by atoms with E-state index >= 15 is 0 Å². The van der Waals surface area contributed by atoms with Gasteiger partial charge in [-0.05, 0) is 18.4 Å². The fourth-order valence-corrected chi connectivity index (χ4v) is 3.89. The van der Waals surface area contributed by atoms with Crippen molar-refractivity contribution in [3.63, 3.8) is 0 Å². The topological polar surface area (TPSA) is 63.7 Å². The average Bonchev–Trinajstić information content (AvgIpc) is 2.95. The number of nitrogens with zero attached hydrogens (tertiary/aromatic N) is 1. The fourth-order valence-electron chi connectivity index (χ4n) is 2.06. The Morgan fingerprint density at radius 3 is 2.95 bits per heavy atom. The van der Waals surface area contributed by atoms with Crippen molar-refractivity contribution in [1.29, 1.82) is 0 Å². The highest BCUT2D eigenvalue weighted by molar-refractivity contribution is 8.14. The first kappa shape index (κ1) is 15.1. The van der Waals surface area contributed by atoms with Gasteiger partial charge in [-0.2, -0.15) is 0 Å². The molecule has 7 heteroatoms. The summed E-state index contributed by atoms with van der Waals surface area (Å²) in [6, 6.07) is 1.66. The molecule has 1 aliphatic heterocycles. The van der Waals surface area contributed by atoms with Crippen molar-refractivity contribution < 1.29 is 19.1 Å². The third-order valence-electron chi connectivity index (χ3n) is 2.81. The van der Waals surface area contributed by atoms with Gasteiger partial charge in [0, 0.05) is 25.1 Å². The zero-order valence-corrected chi connectivity index (χ0v) is 12.9. The molecule has 0 N–H and O–H groups in total. The smallest absolute Gasteiger partial charge is 0.341 e. The van der Waals surface area contributed by atoms with Crippen LogP contribution in [-0.4, -0.2) is 35.4 Å². The predicted octanol–water partition coefficient (Wildman–Crippen LogP) is 2.31. The molecule has 1 amide bonds. The molecule has 0 aliphatic carbocycles. The van der Waals surface area contributed by atoms with Gasteiger partial charge >= 0.3 is 5.97 Å². The number of hydrogen-bond donors (Lipinski definition) is 0. The second kappa shape index (κ2) is 6.41. The van der Waals surface area contributed by atoms with Gasteiger partial charge in [-0.3, -0.25) is 9.59 Å². The maximum atomic E-state index is 12.1. The third-order valence-corrected chi connectivity index (χ3v) is 4.72. The van der Waals surface area contributed by atoms with Gasteiger partial charge in [0.25, 0.3) is 0 Å². The van der Waals surface area contributed by atoms with Gasteiger partial charge in [0.05, 0.1) is 12.2 Å². The Balaban J connectivity index is 2.16. The van der Waals surface area contributed by atoms with E-state index in [1.54, 1.807) is 23.3 Å². The lowest BCUT2D eigenvalue weighted by molar-refractivity contribution is -0.117. The van der Waals surface area contributed by atoms with Crippen LogP contribution in [0.5, 0.6) is 0 Å². The van der Waals surface area contributed by atoms with Gasteiger partial charge in [0.2, 0.25) is 5.91 Å². The zero-order chi connectivity index (χ0) is 14.7. The normalized spacial score (nSPS) is 18.4. The summed E-state index contributed by atoms with van der Waals surface area (Å²) in [5, 5.41) is 2.33. The zero-order valence-electron chi connectivity index (χ0n) is 11.3. The standard InChI is InChI=1S/C13H15NO4S2/c1-3-18-13(17)10-4-5-19-12(10)14-7-9(6-11(14)16)20-8(2)15/h4-5,9H,3,6-7H2,1-2H3. The number of amides is 1. The van der Waals surface area contributed by atoms with E-state index in [1.807, 2.05) is 0 Å². The predicted molar refractivity (Wildman–Crippen MR) is 79.3 cm³/mol. The van der Waals surface area contributed by atoms with E-state index in [2.05, 4.69) is 0 Å². The SMILES string of the molecule is CCOC(=O)c1ccsc1N1CC(SC(C)=O)CC1=O. The molecule has 5 nitrogen and oxygen atoms in total. The van der Waals surface area contributed by atoms with Crippen LogP contribution in [0, 0.1) is 0 Å². The second-order valence-electron chi connectivity index (χ2n) is 4.30. The van der Waals surface area contributed by atoms with Crippen molar-refractivity contribution in [1.82, 2.24) is 0 Å². The van der Waals surface area contributed by atoms with Crippen LogP contribution in [0.3, 0.4) is 0 Å². The van der Waals surface area contributed by atoms with E-state index < -0.39 is 5.97 Å². The van der Waals surface area contributed by atoms with Crippen LogP contribution in [0.2, 0.25) is 0 Å². The first-order valence-corrected chi connectivity index (χ1v) is 8.01. The van der Waals surface area contributed by atoms with Crippen molar-refractivity contribution in [2.24, 2.45) is 0 Å². The highest BCUT2D eigenvalue weighted by Gasteiger charge is 2.34. The molecule has 1 unspecified atom stereocenters. The molecule has 1 saturated heterocycles. The van der Waals surface area contributed by atoms with Gasteiger partial charge < -0.3 is 9.64 Å². The van der Waals surface area contributed by atoms with Crippen LogP contribution in [-0.2, 0) is 14.3 Å². The number of thioether (sulfide) groups is 1. The van der Waals surface area contributed by atoms with Crippen molar-refractivity contribution >= 4 is 45.1 Å². The molecule has 0 saturated carbocycles. The molecule has 0 radical (unpaired) electrons. The Morgan fingerprint density at radius 2 is 2.30 bits per heavy atom. The highest BCUT2D eigenvalue weighted by Crippen LogP contribution is 2.34. The van der Waals surface area contributed by atoms with Crippen molar-refractivity contribution in [2.45, 2.75) is 25.5 Å². The molecule has 108 valence electrons. The summed E-state index contributed by atoms with van der Waals surface area (Å²) < 4.78 is 4.98. The summed E-state index contributed by atoms with van der Waals surface area (Å²) >= 11 is 2.51. The quantitative estimate of drug-likeness (QED) is 0.798. The largest absolute Gasteiger partial charge is 0.462 e. The molecule has 0 spiro atoms. The van der Waals surface area contributed by atoms with E-state index in [0.717, 1.165) is 0 Å². The van der Waals surface area contributed by atoms with E-state index in [1.165, 1.54) is 30.0 Å². The molecule has 2 rings (SSSR count). The van der Waals surface area contributed by atoms with Gasteiger partial charge in [-0.1, -0.05) is 11.8 Å². The number of esters is 1. The number of carbonyl (C=O) groups excluding carboxylic acids is 3. The van der Waals surface area contributed by atoms with Crippen LogP contribution in [0.25, 0.3) is 0 Å². The summed E-state index contributed by atoms with van der Waals surface area (Å²) in [5.41, 5.74) is 0.415. The van der Waals surface area contributed by atoms with Crippen LogP contribution < -0.4 is 4.90 Å². The maximum Gasteiger partial charge on any atom is 0.341 e. The number of carbonyl (C=O) groups is 3. The van der Waals surface area contributed by atoms with E-state index in [0.29, 0.717) is 30.1 Å². The summed E-state index contributed by atoms with van der Waals surface area (Å²) in [7, 11) is 0. The first-order valence-electron chi connectivity index (χ1n) is 6.25. The van der Waals surface area contributed by atoms with Gasteiger partial charge in [-0.25, -0.2) is 4.79 Å². The van der Waals surface area contributed by atoms with Crippen molar-refractivity contribution in [3.05, 3.63) is 17.0 Å². The Morgan fingerprint density at radius 1 is 1.55 bits per heavy atom. The van der Waals surface area contributed by atoms with E-state index in [-0.39, 0.29) is 16.3 Å². The third kappa shape index (κ3) is 3.21. The van der Waals surface area contributed by atoms with E-state index in [9.17, 15) is 14.4 Å². The van der Waals surface area contributed by atoms with Crippen molar-refractivity contribution in [2.75, 3.05) is 18.1 Å². The lowest BCUT2D eigenvalue weighted by atomic mass is 10.3. The minimum absolute atomic E-state index is 0.00134. The highest BCUT2D eigenvalue weighted by atomic mass is 32.2. The van der Waals surface area contributed by atoms with Crippen LogP contribution in [0.15, 0.2) is 11.4 Å². The van der Waals surface area contributed by atoms with Crippen LogP contribution >= 0.6 is 23.1 Å². The molecule has 1 fully saturated rings. The lowest BCUT2D eigenvalue weighted by Gasteiger charge is -2.16. The molecule has 2 heterocycles. The molecule has 1 aromatic heterocycles. The molecule has 20 heavy (non-hydrogen) atoms. The van der Waals surface area contributed by atoms with Gasteiger partial charge in [0.1, 0.15) is 5.00 Å². The monoisotopic (exact) mass is 313 g/mol. The number of ether oxygens (including phenoxy) is 1. The average molecular weight is 313 g/mol. The molecule has 1 aliphatic rings. The summed E-state index contributed by atoms with van der Waals surface area (Å²) in [6.07, 6.45) is 0.324. The molecular weight excluding hydrogens is 298 g/mol. The minimum Gasteiger partial charge on any atom is -0.462 e. The van der Waals surface area contributed by atoms with Crippen LogP contribution in [0.4, 0.5) is 5.00 Å². The molecule has 1 aromatic rings. The second-order valence-corrected chi connectivity index (χ2v) is 6.67. The Hall–Kier alpha value is -1.34. The summed E-state index contributed by atoms with van der Waals surface area (Å²) in [6.45, 7) is 3.98. The Kier molecular flexibility index (Phi) is 4.82. The van der Waals surface area contributed by atoms with E-state index in [4.69, 9.17) is 4.74 Å². The number of anilines is 1. The molecular formula is C13H15NO4S2. The fraction of sp³-hybridized carbons (Fsp3) is 0.462. The summed E-state index contributed by atoms with van der Waals surface area (Å²) in [4.78, 5) is 36.6. The first-order chi connectivity index (χ1) is 9.52. The Bertz CT molecular complexity index is 540. The Labute approximate surface area is 125 Å². The lowest BCUT2D eigenvalue weighted by Crippen LogP contribution is -2.26. The summed E-state index contributed by atoms with van der Waals surface area (Å²) in [5.74, 6) is -0.476. The molecule has 0 bridgehead atoms. The number of rotatable bonds is 4. The van der Waals surface area contributed by atoms with Crippen LogP contribution in [0.1, 0.15) is 30.6 Å². The number of hydrogen-bond acceptors (Lipinski definition) is 6. The maximum absolute atomic E-state index is 12.1. The minimum atomic E-state index is -0.417. The molecule has 1 atom stereocenters. The molecule has 0 aromatic carbocycles. The van der Waals surface area contributed by atoms with Gasteiger partial charge in [0.15, 0.2) is 5.12 Å². The number of thiophene rings is 1.